The van der Waals surface area contributed by atoms with Crippen molar-refractivity contribution in [1.29, 1.82) is 0 Å². The Hall–Kier alpha value is -2.10. The summed E-state index contributed by atoms with van der Waals surface area (Å²) in [5.74, 6) is -0.0803. The van der Waals surface area contributed by atoms with Gasteiger partial charge in [0.25, 0.3) is 5.91 Å². The summed E-state index contributed by atoms with van der Waals surface area (Å²) in [7, 11) is 0. The fraction of sp³-hybridized carbons (Fsp3) is 0.333. The maximum atomic E-state index is 12.2. The number of carbonyl (C=O) groups excluding carboxylic acids is 1. The Morgan fingerprint density at radius 3 is 2.84 bits per heavy atom. The van der Waals surface area contributed by atoms with Crippen LogP contribution in [-0.2, 0) is 19.4 Å². The standard InChI is InChI=1S/C15H17N3O/c19-15(16-10-11-6-2-1-3-7-11)14-12-8-4-5-9-13(12)17-18-14/h1-3,6-7H,4-5,8-10H2,(H,16,19)(H,17,18). The fourth-order valence-corrected chi connectivity index (χ4v) is 2.53. The second-order valence-corrected chi connectivity index (χ2v) is 4.90. The van der Waals surface area contributed by atoms with Crippen LogP contribution >= 0.6 is 0 Å². The Kier molecular flexibility index (Phi) is 3.31. The number of carbonyl (C=O) groups is 1. The van der Waals surface area contributed by atoms with Gasteiger partial charge in [-0.3, -0.25) is 9.89 Å². The molecule has 4 nitrogen and oxygen atoms in total. The van der Waals surface area contributed by atoms with Crippen molar-refractivity contribution in [2.75, 3.05) is 0 Å². The van der Waals surface area contributed by atoms with Crippen molar-refractivity contribution >= 4 is 5.91 Å². The molecule has 1 aromatic carbocycles. The van der Waals surface area contributed by atoms with E-state index < -0.39 is 0 Å². The molecule has 2 N–H and O–H groups in total. The third kappa shape index (κ3) is 2.52. The molecule has 0 fully saturated rings. The number of aromatic amines is 1. The van der Waals surface area contributed by atoms with Crippen LogP contribution in [0.3, 0.4) is 0 Å². The van der Waals surface area contributed by atoms with Crippen LogP contribution in [0.4, 0.5) is 0 Å². The maximum absolute atomic E-state index is 12.2. The van der Waals surface area contributed by atoms with E-state index in [1.54, 1.807) is 0 Å². The lowest BCUT2D eigenvalue weighted by Gasteiger charge is -2.11. The van der Waals surface area contributed by atoms with Crippen molar-refractivity contribution in [3.63, 3.8) is 0 Å². The largest absolute Gasteiger partial charge is 0.347 e. The average Bonchev–Trinajstić information content (AvgIpc) is 2.90. The van der Waals surface area contributed by atoms with Crippen LogP contribution in [0.2, 0.25) is 0 Å². The second kappa shape index (κ2) is 5.26. The van der Waals surface area contributed by atoms with Crippen LogP contribution < -0.4 is 5.32 Å². The number of hydrogen-bond acceptors (Lipinski definition) is 2. The number of benzene rings is 1. The summed E-state index contributed by atoms with van der Waals surface area (Å²) in [5, 5.41) is 10.1. The molecule has 0 aliphatic heterocycles. The molecule has 0 spiro atoms. The predicted molar refractivity (Wildman–Crippen MR) is 72.8 cm³/mol. The van der Waals surface area contributed by atoms with Crippen LogP contribution in [-0.4, -0.2) is 16.1 Å². The predicted octanol–water partition coefficient (Wildman–Crippen LogP) is 2.22. The number of H-pyrrole nitrogens is 1. The van der Waals surface area contributed by atoms with Gasteiger partial charge in [0.2, 0.25) is 0 Å². The summed E-state index contributed by atoms with van der Waals surface area (Å²) < 4.78 is 0. The molecule has 0 atom stereocenters. The lowest BCUT2D eigenvalue weighted by Crippen LogP contribution is -2.24. The van der Waals surface area contributed by atoms with Crippen molar-refractivity contribution in [2.24, 2.45) is 0 Å². The Morgan fingerprint density at radius 1 is 1.21 bits per heavy atom. The third-order valence-corrected chi connectivity index (χ3v) is 3.57. The molecule has 1 aliphatic rings. The average molecular weight is 255 g/mol. The van der Waals surface area contributed by atoms with E-state index in [2.05, 4.69) is 15.5 Å². The van der Waals surface area contributed by atoms with Crippen molar-refractivity contribution < 1.29 is 4.79 Å². The molecule has 0 saturated carbocycles. The topological polar surface area (TPSA) is 57.8 Å². The summed E-state index contributed by atoms with van der Waals surface area (Å²) in [6.45, 7) is 0.543. The summed E-state index contributed by atoms with van der Waals surface area (Å²) in [6.07, 6.45) is 4.29. The number of nitrogens with one attached hydrogen (secondary N) is 2. The minimum atomic E-state index is -0.0803. The van der Waals surface area contributed by atoms with Gasteiger partial charge in [0.1, 0.15) is 0 Å². The van der Waals surface area contributed by atoms with Crippen molar-refractivity contribution in [3.05, 3.63) is 52.8 Å². The van der Waals surface area contributed by atoms with Gasteiger partial charge in [0, 0.05) is 17.8 Å². The Morgan fingerprint density at radius 2 is 2.00 bits per heavy atom. The van der Waals surface area contributed by atoms with Gasteiger partial charge < -0.3 is 5.32 Å². The van der Waals surface area contributed by atoms with E-state index in [1.165, 1.54) is 6.42 Å². The molecule has 0 unspecified atom stereocenters. The van der Waals surface area contributed by atoms with Gasteiger partial charge in [-0.1, -0.05) is 30.3 Å². The number of fused-ring (bicyclic) bond motifs is 1. The third-order valence-electron chi connectivity index (χ3n) is 3.57. The van der Waals surface area contributed by atoms with Crippen molar-refractivity contribution in [2.45, 2.75) is 32.2 Å². The molecule has 1 amide bonds. The zero-order valence-corrected chi connectivity index (χ0v) is 10.8. The number of rotatable bonds is 3. The molecule has 0 bridgehead atoms. The molecule has 0 saturated heterocycles. The van der Waals surface area contributed by atoms with E-state index in [-0.39, 0.29) is 5.91 Å². The van der Waals surface area contributed by atoms with Crippen LogP contribution in [0.1, 0.15) is 40.2 Å². The van der Waals surface area contributed by atoms with E-state index >= 15 is 0 Å². The lowest BCUT2D eigenvalue weighted by molar-refractivity contribution is 0.0945. The zero-order chi connectivity index (χ0) is 13.1. The molecular formula is C15H17N3O. The van der Waals surface area contributed by atoms with Gasteiger partial charge in [0.05, 0.1) is 0 Å². The number of hydrogen-bond donors (Lipinski definition) is 2. The molecule has 19 heavy (non-hydrogen) atoms. The highest BCUT2D eigenvalue weighted by Gasteiger charge is 2.21. The molecular weight excluding hydrogens is 238 g/mol. The van der Waals surface area contributed by atoms with E-state index in [0.717, 1.165) is 36.1 Å². The van der Waals surface area contributed by atoms with Gasteiger partial charge in [-0.2, -0.15) is 5.10 Å². The molecule has 4 heteroatoms. The van der Waals surface area contributed by atoms with E-state index in [4.69, 9.17) is 0 Å². The van der Waals surface area contributed by atoms with Gasteiger partial charge in [-0.05, 0) is 31.2 Å². The first-order chi connectivity index (χ1) is 9.34. The maximum Gasteiger partial charge on any atom is 0.272 e. The monoisotopic (exact) mass is 255 g/mol. The quantitative estimate of drug-likeness (QED) is 0.883. The Bertz CT molecular complexity index is 574. The lowest BCUT2D eigenvalue weighted by atomic mass is 9.96. The minimum absolute atomic E-state index is 0.0803. The van der Waals surface area contributed by atoms with Crippen LogP contribution in [0.25, 0.3) is 0 Å². The van der Waals surface area contributed by atoms with Gasteiger partial charge in [-0.25, -0.2) is 0 Å². The fourth-order valence-electron chi connectivity index (χ4n) is 2.53. The van der Waals surface area contributed by atoms with E-state index in [1.807, 2.05) is 30.3 Å². The van der Waals surface area contributed by atoms with Crippen LogP contribution in [0.15, 0.2) is 30.3 Å². The van der Waals surface area contributed by atoms with Crippen molar-refractivity contribution in [1.82, 2.24) is 15.5 Å². The summed E-state index contributed by atoms with van der Waals surface area (Å²) in [5.41, 5.74) is 3.92. The van der Waals surface area contributed by atoms with Gasteiger partial charge in [0.15, 0.2) is 5.69 Å². The first kappa shape index (κ1) is 12.0. The minimum Gasteiger partial charge on any atom is -0.347 e. The Balaban J connectivity index is 1.69. The number of aromatic nitrogens is 2. The summed E-state index contributed by atoms with van der Waals surface area (Å²) >= 11 is 0. The zero-order valence-electron chi connectivity index (χ0n) is 10.8. The molecule has 0 radical (unpaired) electrons. The highest BCUT2D eigenvalue weighted by molar-refractivity contribution is 5.94. The van der Waals surface area contributed by atoms with Gasteiger partial charge in [-0.15, -0.1) is 0 Å². The summed E-state index contributed by atoms with van der Waals surface area (Å²) in [4.78, 5) is 12.2. The number of nitrogens with zero attached hydrogens (tertiary/aromatic N) is 1. The van der Waals surface area contributed by atoms with E-state index in [0.29, 0.717) is 12.2 Å². The molecule has 1 heterocycles. The smallest absolute Gasteiger partial charge is 0.272 e. The van der Waals surface area contributed by atoms with Crippen LogP contribution in [0, 0.1) is 0 Å². The molecule has 1 aromatic heterocycles. The first-order valence-electron chi connectivity index (χ1n) is 6.73. The normalized spacial score (nSPS) is 13.9. The number of aryl methyl sites for hydroxylation is 1. The highest BCUT2D eigenvalue weighted by atomic mass is 16.1. The Labute approximate surface area is 112 Å². The first-order valence-corrected chi connectivity index (χ1v) is 6.73. The SMILES string of the molecule is O=C(NCc1ccccc1)c1n[nH]c2c1CCCC2. The van der Waals surface area contributed by atoms with Gasteiger partial charge >= 0.3 is 0 Å². The summed E-state index contributed by atoms with van der Waals surface area (Å²) in [6, 6.07) is 9.91. The molecule has 98 valence electrons. The molecule has 3 rings (SSSR count). The van der Waals surface area contributed by atoms with Crippen LogP contribution in [0.5, 0.6) is 0 Å². The molecule has 2 aromatic rings. The number of amides is 1. The van der Waals surface area contributed by atoms with E-state index in [9.17, 15) is 4.79 Å². The van der Waals surface area contributed by atoms with Crippen molar-refractivity contribution in [3.8, 4) is 0 Å². The molecule has 1 aliphatic carbocycles. The highest BCUT2D eigenvalue weighted by Crippen LogP contribution is 2.21. The second-order valence-electron chi connectivity index (χ2n) is 4.90.